The monoisotopic (exact) mass is 548 g/mol. The fourth-order valence-electron chi connectivity index (χ4n) is 1.79. The summed E-state index contributed by atoms with van der Waals surface area (Å²) in [6, 6.07) is 0. The molecule has 0 heterocycles. The van der Waals surface area contributed by atoms with Crippen molar-refractivity contribution in [2.75, 3.05) is 0 Å². The van der Waals surface area contributed by atoms with E-state index in [2.05, 4.69) is 0 Å². The van der Waals surface area contributed by atoms with E-state index in [1.54, 1.807) is 0 Å². The van der Waals surface area contributed by atoms with Gasteiger partial charge < -0.3 is 4.55 Å². The molecule has 0 rings (SSSR count). The minimum atomic E-state index is -8.43. The molecule has 22 heteroatoms. The standard InChI is InChI=1S/C11H7F17O3S.Li/c12-1(3(14)5(16)17)2(13)4(15)7(19,20)9(23,24)11(27,28)10(25,26)8(21,22)6(18)32(29,30)31;/h1-6H,(H,29,30,31);/q;+1/p-1. The molecule has 0 fully saturated rings. The summed E-state index contributed by atoms with van der Waals surface area (Å²) in [5.41, 5.74) is -5.97. The summed E-state index contributed by atoms with van der Waals surface area (Å²) in [6.45, 7) is 0. The molecule has 5 atom stereocenters. The Hall–Kier alpha value is -0.683. The molecule has 0 amide bonds. The second-order valence-corrected chi connectivity index (χ2v) is 7.25. The molecule has 3 nitrogen and oxygen atoms in total. The zero-order valence-electron chi connectivity index (χ0n) is 15.0. The van der Waals surface area contributed by atoms with Crippen molar-refractivity contribution in [3.05, 3.63) is 0 Å². The van der Waals surface area contributed by atoms with Crippen LogP contribution < -0.4 is 18.9 Å². The molecule has 0 aromatic rings. The first-order valence-electron chi connectivity index (χ1n) is 7.06. The molecule has 194 valence electrons. The predicted octanol–water partition coefficient (Wildman–Crippen LogP) is 1.63. The first-order valence-corrected chi connectivity index (χ1v) is 8.54. The Labute approximate surface area is 183 Å². The zero-order chi connectivity index (χ0) is 26.5. The van der Waals surface area contributed by atoms with Gasteiger partial charge in [0.05, 0.1) is 0 Å². The fraction of sp³-hybridized carbons (Fsp3) is 1.00. The van der Waals surface area contributed by atoms with Crippen LogP contribution >= 0.6 is 0 Å². The fourth-order valence-corrected chi connectivity index (χ4v) is 2.30. The first kappa shape index (κ1) is 34.5. The van der Waals surface area contributed by atoms with Gasteiger partial charge in [-0.2, -0.15) is 43.9 Å². The van der Waals surface area contributed by atoms with E-state index in [0.29, 0.717) is 0 Å². The van der Waals surface area contributed by atoms with Crippen molar-refractivity contribution >= 4 is 10.1 Å². The van der Waals surface area contributed by atoms with Crippen molar-refractivity contribution in [1.82, 2.24) is 0 Å². The van der Waals surface area contributed by atoms with Crippen molar-refractivity contribution in [1.29, 1.82) is 0 Å². The third-order valence-corrected chi connectivity index (χ3v) is 4.44. The molecule has 0 saturated carbocycles. The number of alkyl halides is 17. The van der Waals surface area contributed by atoms with E-state index in [1.807, 2.05) is 0 Å². The van der Waals surface area contributed by atoms with Crippen LogP contribution in [-0.2, 0) is 10.1 Å². The Morgan fingerprint density at radius 3 is 1.18 bits per heavy atom. The number of rotatable bonds is 11. The second-order valence-electron chi connectivity index (χ2n) is 5.85. The van der Waals surface area contributed by atoms with E-state index in [9.17, 15) is 87.6 Å². The summed E-state index contributed by atoms with van der Waals surface area (Å²) in [4.78, 5) is 0. The van der Waals surface area contributed by atoms with Gasteiger partial charge in [0.15, 0.2) is 18.5 Å². The van der Waals surface area contributed by atoms with Gasteiger partial charge >= 0.3 is 48.5 Å². The largest absolute Gasteiger partial charge is 1.00 e. The molecule has 0 aromatic heterocycles. The van der Waals surface area contributed by atoms with Crippen LogP contribution in [0.1, 0.15) is 0 Å². The Kier molecular flexibility index (Phi) is 10.6. The van der Waals surface area contributed by atoms with Gasteiger partial charge in [-0.05, 0) is 0 Å². The van der Waals surface area contributed by atoms with E-state index in [0.717, 1.165) is 0 Å². The maximum Gasteiger partial charge on any atom is 1.00 e. The van der Waals surface area contributed by atoms with Gasteiger partial charge in [-0.25, -0.2) is 39.2 Å². The molecule has 0 bridgehead atoms. The molecule has 0 aliphatic carbocycles. The Morgan fingerprint density at radius 1 is 0.545 bits per heavy atom. The van der Waals surface area contributed by atoms with E-state index < -0.39 is 76.3 Å². The van der Waals surface area contributed by atoms with Gasteiger partial charge in [-0.15, -0.1) is 0 Å². The van der Waals surface area contributed by atoms with Crippen molar-refractivity contribution in [3.63, 3.8) is 0 Å². The van der Waals surface area contributed by atoms with Gasteiger partial charge in [0.2, 0.25) is 6.17 Å². The summed E-state index contributed by atoms with van der Waals surface area (Å²) < 4.78 is 251. The van der Waals surface area contributed by atoms with Crippen LogP contribution in [-0.4, -0.2) is 79.2 Å². The molecule has 0 aliphatic heterocycles. The third kappa shape index (κ3) is 5.60. The van der Waals surface area contributed by atoms with Crippen LogP contribution in [0.4, 0.5) is 74.6 Å². The van der Waals surface area contributed by atoms with Gasteiger partial charge in [0, 0.05) is 0 Å². The summed E-state index contributed by atoms with van der Waals surface area (Å²) in [5, 5.41) is 0. The molecule has 5 unspecified atom stereocenters. The molecule has 0 spiro atoms. The molecule has 0 aromatic carbocycles. The van der Waals surface area contributed by atoms with Crippen LogP contribution in [0, 0.1) is 0 Å². The van der Waals surface area contributed by atoms with E-state index in [-0.39, 0.29) is 18.9 Å². The van der Waals surface area contributed by atoms with Crippen LogP contribution in [0.15, 0.2) is 0 Å². The SMILES string of the molecule is O=S(=O)([O-])C(F)C(F)(F)C(F)(F)C(F)(F)C(F)(F)C(F)(F)C(F)C(F)C(F)C(F)C(F)F.[Li+]. The number of halogens is 17. The summed E-state index contributed by atoms with van der Waals surface area (Å²) in [7, 11) is -7.35. The summed E-state index contributed by atoms with van der Waals surface area (Å²) >= 11 is 0. The minimum absolute atomic E-state index is 0. The van der Waals surface area contributed by atoms with Gasteiger partial charge in [0.25, 0.3) is 11.9 Å². The number of hydrogen-bond acceptors (Lipinski definition) is 3. The molecule has 0 N–H and O–H groups in total. The Balaban J connectivity index is 0. The zero-order valence-corrected chi connectivity index (χ0v) is 15.8. The molecule has 0 saturated heterocycles. The molecule has 0 aliphatic rings. The Bertz CT molecular complexity index is 759. The van der Waals surface area contributed by atoms with Crippen molar-refractivity contribution in [2.24, 2.45) is 0 Å². The smallest absolute Gasteiger partial charge is 0.746 e. The Morgan fingerprint density at radius 2 is 0.879 bits per heavy atom. The summed E-state index contributed by atoms with van der Waals surface area (Å²) in [5.74, 6) is -40.4. The van der Waals surface area contributed by atoms with Crippen LogP contribution in [0.25, 0.3) is 0 Å². The third-order valence-electron chi connectivity index (χ3n) is 3.64. The quantitative estimate of drug-likeness (QED) is 0.224. The van der Waals surface area contributed by atoms with Gasteiger partial charge in [-0.1, -0.05) is 0 Å². The minimum Gasteiger partial charge on any atom is -0.746 e. The number of hydrogen-bond donors (Lipinski definition) is 0. The van der Waals surface area contributed by atoms with Crippen LogP contribution in [0.3, 0.4) is 0 Å². The maximum absolute atomic E-state index is 13.4. The molecule has 0 radical (unpaired) electrons. The first-order chi connectivity index (χ1) is 13.7. The average Bonchev–Trinajstić information content (AvgIpc) is 2.63. The maximum atomic E-state index is 13.4. The van der Waals surface area contributed by atoms with Crippen molar-refractivity contribution in [3.8, 4) is 0 Å². The van der Waals surface area contributed by atoms with Crippen LogP contribution in [0.5, 0.6) is 0 Å². The summed E-state index contributed by atoms with van der Waals surface area (Å²) in [6.07, 6.45) is -25.1. The normalized spacial score (nSPS) is 19.5. The molecular formula is C11H6F17LiO3S. The van der Waals surface area contributed by atoms with E-state index in [4.69, 9.17) is 0 Å². The van der Waals surface area contributed by atoms with E-state index >= 15 is 0 Å². The molecule has 33 heavy (non-hydrogen) atoms. The second kappa shape index (κ2) is 10.1. The van der Waals surface area contributed by atoms with Crippen LogP contribution in [0.2, 0.25) is 0 Å². The predicted molar refractivity (Wildman–Crippen MR) is 64.9 cm³/mol. The van der Waals surface area contributed by atoms with Crippen molar-refractivity contribution in [2.45, 2.75) is 66.2 Å². The van der Waals surface area contributed by atoms with Crippen molar-refractivity contribution < 1.29 is 106 Å². The van der Waals surface area contributed by atoms with Gasteiger partial charge in [-0.3, -0.25) is 0 Å². The van der Waals surface area contributed by atoms with Gasteiger partial charge in [0.1, 0.15) is 10.1 Å². The molecular weight excluding hydrogens is 542 g/mol. The van der Waals surface area contributed by atoms with E-state index in [1.165, 1.54) is 0 Å². The topological polar surface area (TPSA) is 57.2 Å². The average molecular weight is 548 g/mol.